The van der Waals surface area contributed by atoms with Gasteiger partial charge in [-0.05, 0) is 44.9 Å². The van der Waals surface area contributed by atoms with Crippen molar-refractivity contribution in [1.82, 2.24) is 20.0 Å². The normalized spacial score (nSPS) is 18.8. The van der Waals surface area contributed by atoms with Crippen LogP contribution in [0.1, 0.15) is 66.2 Å². The summed E-state index contributed by atoms with van der Waals surface area (Å²) >= 11 is 0. The Morgan fingerprint density at radius 3 is 2.55 bits per heavy atom. The number of aromatic nitrogens is 2. The lowest BCUT2D eigenvalue weighted by molar-refractivity contribution is 0.0992. The molecule has 9 heteroatoms. The number of amides is 2. The molecule has 2 amide bonds. The molecule has 3 rings (SSSR count). The number of carbonyl (C=O) groups excluding carboxylic acids is 2. The van der Waals surface area contributed by atoms with Gasteiger partial charge < -0.3 is 21.1 Å². The molecule has 1 aliphatic rings. The van der Waals surface area contributed by atoms with Crippen molar-refractivity contribution >= 4 is 17.5 Å². The predicted molar refractivity (Wildman–Crippen MR) is 129 cm³/mol. The molecular weight excluding hydrogens is 420 g/mol. The van der Waals surface area contributed by atoms with Crippen molar-refractivity contribution in [2.24, 2.45) is 12.8 Å². The van der Waals surface area contributed by atoms with Crippen molar-refractivity contribution < 1.29 is 14.3 Å². The number of hydrogen-bond donors (Lipinski definition) is 3. The van der Waals surface area contributed by atoms with Gasteiger partial charge in [0.2, 0.25) is 0 Å². The number of benzene rings is 1. The molecule has 0 radical (unpaired) electrons. The van der Waals surface area contributed by atoms with Crippen molar-refractivity contribution in [3.63, 3.8) is 0 Å². The summed E-state index contributed by atoms with van der Waals surface area (Å²) in [6.45, 7) is 11.3. The van der Waals surface area contributed by atoms with Gasteiger partial charge in [-0.1, -0.05) is 19.4 Å². The van der Waals surface area contributed by atoms with Crippen LogP contribution in [0.2, 0.25) is 0 Å². The fraction of sp³-hybridized carbons (Fsp3) is 0.542. The highest BCUT2D eigenvalue weighted by molar-refractivity contribution is 6.10. The van der Waals surface area contributed by atoms with Gasteiger partial charge in [-0.25, -0.2) is 0 Å². The zero-order valence-electron chi connectivity index (χ0n) is 20.3. The molecule has 1 fully saturated rings. The molecule has 0 aliphatic carbocycles. The lowest BCUT2D eigenvalue weighted by atomic mass is 10.1. The summed E-state index contributed by atoms with van der Waals surface area (Å²) in [5.41, 5.74) is 8.23. The Balaban J connectivity index is 1.90. The average molecular weight is 457 g/mol. The maximum Gasteiger partial charge on any atom is 0.269 e. The molecule has 2 heterocycles. The van der Waals surface area contributed by atoms with Gasteiger partial charge in [-0.2, -0.15) is 5.10 Å². The third kappa shape index (κ3) is 5.91. The maximum atomic E-state index is 13.4. The predicted octanol–water partition coefficient (Wildman–Crippen LogP) is 2.30. The average Bonchev–Trinajstić information content (AvgIpc) is 3.03. The van der Waals surface area contributed by atoms with Crippen LogP contribution in [-0.4, -0.2) is 58.3 Å². The fourth-order valence-electron chi connectivity index (χ4n) is 4.55. The molecule has 0 saturated carbocycles. The second-order valence-corrected chi connectivity index (χ2v) is 8.79. The number of carbonyl (C=O) groups is 2. The summed E-state index contributed by atoms with van der Waals surface area (Å²) in [4.78, 5) is 27.8. The number of hydrogen-bond acceptors (Lipinski definition) is 6. The number of primary amides is 1. The van der Waals surface area contributed by atoms with Crippen LogP contribution in [0, 0.1) is 0 Å². The van der Waals surface area contributed by atoms with E-state index in [1.165, 1.54) is 4.68 Å². The zero-order valence-corrected chi connectivity index (χ0v) is 20.3. The van der Waals surface area contributed by atoms with Crippen LogP contribution < -0.4 is 21.1 Å². The standard InChI is InChI=1S/C24H36N6O3/c1-6-8-19-21(22(23(25)31)29(5)28-19)27-24(32)18-11-17(9-10-20(18)33-7-2)14-30-12-15(3)26-16(4)13-30/h9-11,15-16,26H,6-8,12-14H2,1-5H3,(H2,25,31)(H,27,32)/t15-,16+. The van der Waals surface area contributed by atoms with E-state index in [1.807, 2.05) is 32.0 Å². The zero-order chi connectivity index (χ0) is 24.1. The van der Waals surface area contributed by atoms with E-state index in [9.17, 15) is 9.59 Å². The third-order valence-corrected chi connectivity index (χ3v) is 5.71. The molecule has 0 unspecified atom stereocenters. The topological polar surface area (TPSA) is 115 Å². The molecule has 33 heavy (non-hydrogen) atoms. The van der Waals surface area contributed by atoms with E-state index >= 15 is 0 Å². The summed E-state index contributed by atoms with van der Waals surface area (Å²) in [5.74, 6) is -0.485. The molecule has 1 aromatic carbocycles. The number of anilines is 1. The molecular formula is C24H36N6O3. The summed E-state index contributed by atoms with van der Waals surface area (Å²) in [6, 6.07) is 6.54. The highest BCUT2D eigenvalue weighted by Gasteiger charge is 2.25. The summed E-state index contributed by atoms with van der Waals surface area (Å²) in [5, 5.41) is 10.8. The first-order valence-electron chi connectivity index (χ1n) is 11.6. The molecule has 4 N–H and O–H groups in total. The summed E-state index contributed by atoms with van der Waals surface area (Å²) in [7, 11) is 1.65. The lowest BCUT2D eigenvalue weighted by Crippen LogP contribution is -2.53. The van der Waals surface area contributed by atoms with E-state index in [2.05, 4.69) is 34.5 Å². The number of piperazine rings is 1. The van der Waals surface area contributed by atoms with Crippen LogP contribution in [0.25, 0.3) is 0 Å². The Morgan fingerprint density at radius 2 is 1.94 bits per heavy atom. The fourth-order valence-corrected chi connectivity index (χ4v) is 4.55. The van der Waals surface area contributed by atoms with Crippen molar-refractivity contribution in [2.45, 2.75) is 59.2 Å². The summed E-state index contributed by atoms with van der Waals surface area (Å²) < 4.78 is 7.16. The van der Waals surface area contributed by atoms with Gasteiger partial charge in [0.25, 0.3) is 11.8 Å². The molecule has 0 bridgehead atoms. The van der Waals surface area contributed by atoms with E-state index in [0.717, 1.165) is 31.6 Å². The monoisotopic (exact) mass is 456 g/mol. The lowest BCUT2D eigenvalue weighted by Gasteiger charge is -2.36. The van der Waals surface area contributed by atoms with Crippen LogP contribution >= 0.6 is 0 Å². The number of nitrogens with zero attached hydrogens (tertiary/aromatic N) is 3. The van der Waals surface area contributed by atoms with Crippen molar-refractivity contribution in [3.05, 3.63) is 40.7 Å². The SMILES string of the molecule is CCCc1nn(C)c(C(N)=O)c1NC(=O)c1cc(CN2C[C@@H](C)N[C@@H](C)C2)ccc1OCC. The molecule has 1 aliphatic heterocycles. The molecule has 9 nitrogen and oxygen atoms in total. The molecule has 2 aromatic rings. The van der Waals surface area contributed by atoms with Crippen LogP contribution in [0.4, 0.5) is 5.69 Å². The molecule has 1 saturated heterocycles. The highest BCUT2D eigenvalue weighted by atomic mass is 16.5. The Hall–Kier alpha value is -2.91. The Kier molecular flexibility index (Phi) is 8.10. The van der Waals surface area contributed by atoms with Gasteiger partial charge in [-0.3, -0.25) is 19.2 Å². The van der Waals surface area contributed by atoms with Gasteiger partial charge in [0.15, 0.2) is 0 Å². The second kappa shape index (κ2) is 10.8. The molecule has 180 valence electrons. The van der Waals surface area contributed by atoms with E-state index < -0.39 is 5.91 Å². The molecule has 2 atom stereocenters. The summed E-state index contributed by atoms with van der Waals surface area (Å²) in [6.07, 6.45) is 1.44. The number of aryl methyl sites for hydroxylation is 2. The van der Waals surface area contributed by atoms with Gasteiger partial charge in [-0.15, -0.1) is 0 Å². The van der Waals surface area contributed by atoms with Gasteiger partial charge in [0, 0.05) is 38.8 Å². The maximum absolute atomic E-state index is 13.4. The number of nitrogens with one attached hydrogen (secondary N) is 2. The smallest absolute Gasteiger partial charge is 0.269 e. The van der Waals surface area contributed by atoms with E-state index in [4.69, 9.17) is 10.5 Å². The van der Waals surface area contributed by atoms with Crippen molar-refractivity contribution in [3.8, 4) is 5.75 Å². The van der Waals surface area contributed by atoms with Gasteiger partial charge >= 0.3 is 0 Å². The van der Waals surface area contributed by atoms with E-state index in [-0.39, 0.29) is 11.6 Å². The van der Waals surface area contributed by atoms with Gasteiger partial charge in [0.1, 0.15) is 11.4 Å². The Morgan fingerprint density at radius 1 is 1.24 bits per heavy atom. The molecule has 0 spiro atoms. The van der Waals surface area contributed by atoms with Crippen LogP contribution in [0.15, 0.2) is 18.2 Å². The minimum absolute atomic E-state index is 0.185. The Labute approximate surface area is 195 Å². The van der Waals surface area contributed by atoms with Crippen molar-refractivity contribution in [1.29, 1.82) is 0 Å². The quantitative estimate of drug-likeness (QED) is 0.533. The third-order valence-electron chi connectivity index (χ3n) is 5.71. The highest BCUT2D eigenvalue weighted by Crippen LogP contribution is 2.26. The number of nitrogens with two attached hydrogens (primary N) is 1. The van der Waals surface area contributed by atoms with E-state index in [1.54, 1.807) is 7.05 Å². The number of ether oxygens (including phenoxy) is 1. The minimum Gasteiger partial charge on any atom is -0.493 e. The first-order valence-corrected chi connectivity index (χ1v) is 11.6. The number of rotatable bonds is 9. The molecule has 1 aromatic heterocycles. The first-order chi connectivity index (χ1) is 15.7. The van der Waals surface area contributed by atoms with Crippen molar-refractivity contribution in [2.75, 3.05) is 25.0 Å². The van der Waals surface area contributed by atoms with Crippen LogP contribution in [0.3, 0.4) is 0 Å². The Bertz CT molecular complexity index is 992. The van der Waals surface area contributed by atoms with Gasteiger partial charge in [0.05, 0.1) is 23.6 Å². The largest absolute Gasteiger partial charge is 0.493 e. The van der Waals surface area contributed by atoms with Crippen LogP contribution in [0.5, 0.6) is 5.75 Å². The van der Waals surface area contributed by atoms with E-state index in [0.29, 0.717) is 47.8 Å². The van der Waals surface area contributed by atoms with Crippen LogP contribution in [-0.2, 0) is 20.0 Å². The minimum atomic E-state index is -0.636. The first kappa shape index (κ1) is 24.7. The second-order valence-electron chi connectivity index (χ2n) is 8.79.